The highest BCUT2D eigenvalue weighted by Gasteiger charge is 2.34. The minimum Gasteiger partial charge on any atom is -0.467 e. The Morgan fingerprint density at radius 2 is 1.86 bits per heavy atom. The molecule has 21 heavy (non-hydrogen) atoms. The molecule has 0 aliphatic rings. The first-order valence-electron chi connectivity index (χ1n) is 6.65. The maximum Gasteiger partial charge on any atom is 0.419 e. The number of aliphatic hydroxyl groups is 1. The Hall–Kier alpha value is -1.05. The van der Waals surface area contributed by atoms with E-state index >= 15 is 0 Å². The van der Waals surface area contributed by atoms with Gasteiger partial charge in [-0.2, -0.15) is 13.2 Å². The number of aliphatic hydroxyl groups excluding tert-OH is 1. The van der Waals surface area contributed by atoms with Gasteiger partial charge in [0.25, 0.3) is 0 Å². The molecule has 0 heterocycles. The first-order chi connectivity index (χ1) is 9.63. The van der Waals surface area contributed by atoms with Crippen molar-refractivity contribution < 1.29 is 27.8 Å². The minimum atomic E-state index is -4.53. The second kappa shape index (κ2) is 7.28. The molecule has 0 aromatic heterocycles. The number of halogens is 3. The van der Waals surface area contributed by atoms with E-state index in [4.69, 9.17) is 14.6 Å². The fourth-order valence-corrected chi connectivity index (χ4v) is 2.32. The van der Waals surface area contributed by atoms with Crippen LogP contribution in [0.15, 0.2) is 18.2 Å². The van der Waals surface area contributed by atoms with Gasteiger partial charge in [0.05, 0.1) is 12.2 Å². The van der Waals surface area contributed by atoms with Gasteiger partial charge in [0.1, 0.15) is 5.75 Å². The molecule has 0 bridgehead atoms. The first-order valence-corrected chi connectivity index (χ1v) is 10.4. The Kier molecular flexibility index (Phi) is 6.24. The third-order valence-corrected chi connectivity index (χ3v) is 4.53. The molecule has 0 saturated carbocycles. The molecule has 0 amide bonds. The first kappa shape index (κ1) is 18.0. The monoisotopic (exact) mass is 322 g/mol. The van der Waals surface area contributed by atoms with Crippen molar-refractivity contribution in [2.45, 2.75) is 38.5 Å². The van der Waals surface area contributed by atoms with Crippen LogP contribution in [0.4, 0.5) is 13.2 Å². The summed E-state index contributed by atoms with van der Waals surface area (Å²) in [6, 6.07) is 4.41. The highest BCUT2D eigenvalue weighted by Crippen LogP contribution is 2.36. The molecule has 1 aromatic rings. The van der Waals surface area contributed by atoms with Crippen molar-refractivity contribution in [3.8, 4) is 5.75 Å². The summed E-state index contributed by atoms with van der Waals surface area (Å²) in [4.78, 5) is 0. The molecular weight excluding hydrogens is 301 g/mol. The Balaban J connectivity index is 2.62. The molecule has 0 unspecified atom stereocenters. The minimum absolute atomic E-state index is 0.189. The van der Waals surface area contributed by atoms with E-state index in [9.17, 15) is 13.2 Å². The summed E-state index contributed by atoms with van der Waals surface area (Å²) in [7, 11) is -1.23. The molecule has 3 nitrogen and oxygen atoms in total. The van der Waals surface area contributed by atoms with Crippen molar-refractivity contribution in [1.82, 2.24) is 0 Å². The van der Waals surface area contributed by atoms with Crippen molar-refractivity contribution >= 4 is 8.07 Å². The van der Waals surface area contributed by atoms with Gasteiger partial charge in [-0.3, -0.25) is 0 Å². The molecule has 0 fully saturated rings. The quantitative estimate of drug-likeness (QED) is 0.470. The largest absolute Gasteiger partial charge is 0.467 e. The van der Waals surface area contributed by atoms with Crippen molar-refractivity contribution in [3.05, 3.63) is 29.3 Å². The van der Waals surface area contributed by atoms with Gasteiger partial charge in [0, 0.05) is 14.7 Å². The molecule has 120 valence electrons. The SMILES string of the molecule is C[Si](C)(C)CCOCOc1ccc(CO)cc1C(F)(F)F. The van der Waals surface area contributed by atoms with Gasteiger partial charge < -0.3 is 14.6 Å². The molecule has 7 heteroatoms. The summed E-state index contributed by atoms with van der Waals surface area (Å²) in [5.41, 5.74) is -0.711. The lowest BCUT2D eigenvalue weighted by atomic mass is 10.1. The number of hydrogen-bond acceptors (Lipinski definition) is 3. The van der Waals surface area contributed by atoms with Crippen LogP contribution in [0.3, 0.4) is 0 Å². The van der Waals surface area contributed by atoms with Crippen LogP contribution >= 0.6 is 0 Å². The average molecular weight is 322 g/mol. The fourth-order valence-electron chi connectivity index (χ4n) is 1.57. The van der Waals surface area contributed by atoms with E-state index < -0.39 is 26.4 Å². The van der Waals surface area contributed by atoms with E-state index in [0.717, 1.165) is 12.1 Å². The second-order valence-electron chi connectivity index (χ2n) is 5.97. The Morgan fingerprint density at radius 1 is 1.19 bits per heavy atom. The molecule has 0 aliphatic carbocycles. The number of hydrogen-bond donors (Lipinski definition) is 1. The van der Waals surface area contributed by atoms with Crippen LogP contribution in [0, 0.1) is 0 Å². The normalized spacial score (nSPS) is 12.5. The summed E-state index contributed by atoms with van der Waals surface area (Å²) >= 11 is 0. The number of ether oxygens (including phenoxy) is 2. The molecule has 0 saturated heterocycles. The van der Waals surface area contributed by atoms with Gasteiger partial charge in [-0.25, -0.2) is 0 Å². The summed E-state index contributed by atoms with van der Waals surface area (Å²) in [5.74, 6) is -0.285. The summed E-state index contributed by atoms with van der Waals surface area (Å²) in [5, 5.41) is 8.91. The van der Waals surface area contributed by atoms with Gasteiger partial charge >= 0.3 is 6.18 Å². The zero-order valence-electron chi connectivity index (χ0n) is 12.5. The summed E-state index contributed by atoms with van der Waals surface area (Å²) in [6.07, 6.45) is -4.53. The van der Waals surface area contributed by atoms with Gasteiger partial charge in [0.15, 0.2) is 6.79 Å². The van der Waals surface area contributed by atoms with E-state index in [1.807, 2.05) is 0 Å². The summed E-state index contributed by atoms with van der Waals surface area (Å²) in [6.45, 7) is 6.37. The molecule has 1 rings (SSSR count). The van der Waals surface area contributed by atoms with E-state index in [1.165, 1.54) is 12.1 Å². The summed E-state index contributed by atoms with van der Waals surface area (Å²) < 4.78 is 49.0. The maximum atomic E-state index is 12.9. The molecular formula is C14H21F3O3Si. The van der Waals surface area contributed by atoms with Crippen molar-refractivity contribution in [1.29, 1.82) is 0 Å². The fraction of sp³-hybridized carbons (Fsp3) is 0.571. The van der Waals surface area contributed by atoms with Crippen LogP contribution in [0.5, 0.6) is 5.75 Å². The maximum absolute atomic E-state index is 12.9. The third-order valence-electron chi connectivity index (χ3n) is 2.83. The molecule has 0 atom stereocenters. The van der Waals surface area contributed by atoms with Gasteiger partial charge in [0.2, 0.25) is 0 Å². The predicted molar refractivity (Wildman–Crippen MR) is 77.0 cm³/mol. The van der Waals surface area contributed by atoms with Crippen LogP contribution in [-0.4, -0.2) is 26.6 Å². The smallest absolute Gasteiger partial charge is 0.419 e. The van der Waals surface area contributed by atoms with Crippen LogP contribution in [-0.2, 0) is 17.5 Å². The van der Waals surface area contributed by atoms with E-state index in [2.05, 4.69) is 19.6 Å². The third kappa shape index (κ3) is 6.49. The molecule has 0 spiro atoms. The highest BCUT2D eigenvalue weighted by atomic mass is 28.3. The lowest BCUT2D eigenvalue weighted by Gasteiger charge is -2.17. The van der Waals surface area contributed by atoms with Gasteiger partial charge in [-0.15, -0.1) is 0 Å². The van der Waals surface area contributed by atoms with E-state index in [-0.39, 0.29) is 18.1 Å². The molecule has 0 aliphatic heterocycles. The van der Waals surface area contributed by atoms with Crippen molar-refractivity contribution in [2.75, 3.05) is 13.4 Å². The molecule has 1 aromatic carbocycles. The van der Waals surface area contributed by atoms with Gasteiger partial charge in [-0.05, 0) is 23.7 Å². The van der Waals surface area contributed by atoms with Crippen LogP contribution < -0.4 is 4.74 Å². The zero-order chi connectivity index (χ0) is 16.1. The van der Waals surface area contributed by atoms with Crippen LogP contribution in [0.25, 0.3) is 0 Å². The predicted octanol–water partition coefficient (Wildman–Crippen LogP) is 3.89. The number of rotatable bonds is 7. The topological polar surface area (TPSA) is 38.7 Å². The van der Waals surface area contributed by atoms with Crippen LogP contribution in [0.2, 0.25) is 25.7 Å². The lowest BCUT2D eigenvalue weighted by Crippen LogP contribution is -2.22. The number of alkyl halides is 3. The Morgan fingerprint density at radius 3 is 2.38 bits per heavy atom. The highest BCUT2D eigenvalue weighted by molar-refractivity contribution is 6.76. The number of benzene rings is 1. The zero-order valence-corrected chi connectivity index (χ0v) is 13.5. The second-order valence-corrected chi connectivity index (χ2v) is 11.6. The standard InChI is InChI=1S/C14H21F3O3Si/c1-21(2,3)7-6-19-10-20-13-5-4-11(9-18)8-12(13)14(15,16)17/h4-5,8,18H,6-7,9-10H2,1-3H3. The van der Waals surface area contributed by atoms with Crippen LogP contribution in [0.1, 0.15) is 11.1 Å². The Labute approximate surface area is 123 Å². The van der Waals surface area contributed by atoms with Gasteiger partial charge in [-0.1, -0.05) is 25.7 Å². The van der Waals surface area contributed by atoms with Crippen molar-refractivity contribution in [3.63, 3.8) is 0 Å². The average Bonchev–Trinajstić information content (AvgIpc) is 2.36. The van der Waals surface area contributed by atoms with E-state index in [0.29, 0.717) is 6.61 Å². The molecule has 0 radical (unpaired) electrons. The Bertz CT molecular complexity index is 456. The lowest BCUT2D eigenvalue weighted by molar-refractivity contribution is -0.139. The molecule has 1 N–H and O–H groups in total. The van der Waals surface area contributed by atoms with E-state index in [1.54, 1.807) is 0 Å². The van der Waals surface area contributed by atoms with Crippen molar-refractivity contribution in [2.24, 2.45) is 0 Å².